The first-order chi connectivity index (χ1) is 9.38. The van der Waals surface area contributed by atoms with E-state index in [1.807, 2.05) is 38.1 Å². The third-order valence-electron chi connectivity index (χ3n) is 3.47. The van der Waals surface area contributed by atoms with E-state index in [1.54, 1.807) is 13.8 Å². The Balaban J connectivity index is 1.92. The van der Waals surface area contributed by atoms with Crippen molar-refractivity contribution < 1.29 is 9.63 Å². The second kappa shape index (κ2) is 5.77. The first-order valence-electron chi connectivity index (χ1n) is 6.82. The van der Waals surface area contributed by atoms with Gasteiger partial charge in [-0.3, -0.25) is 0 Å². The maximum absolute atomic E-state index is 9.91. The van der Waals surface area contributed by atoms with E-state index in [9.17, 15) is 5.11 Å². The van der Waals surface area contributed by atoms with Crippen LogP contribution in [-0.4, -0.2) is 10.3 Å². The largest absolute Gasteiger partial charge is 0.386 e. The van der Waals surface area contributed by atoms with Crippen LogP contribution in [0.2, 0.25) is 0 Å². The fourth-order valence-corrected chi connectivity index (χ4v) is 2.12. The lowest BCUT2D eigenvalue weighted by Gasteiger charge is -2.18. The molecule has 0 aliphatic heterocycles. The molecule has 0 radical (unpaired) electrons. The lowest BCUT2D eigenvalue weighted by molar-refractivity contribution is 0.0786. The third kappa shape index (κ3) is 3.46. The zero-order valence-corrected chi connectivity index (χ0v) is 12.5. The summed E-state index contributed by atoms with van der Waals surface area (Å²) in [7, 11) is 0. The van der Waals surface area contributed by atoms with Crippen molar-refractivity contribution in [1.82, 2.24) is 10.5 Å². The van der Waals surface area contributed by atoms with Gasteiger partial charge in [0.05, 0.1) is 11.3 Å². The van der Waals surface area contributed by atoms with Crippen molar-refractivity contribution in [2.75, 3.05) is 0 Å². The molecule has 0 atom stereocenters. The second-order valence-corrected chi connectivity index (χ2v) is 5.66. The highest BCUT2D eigenvalue weighted by molar-refractivity contribution is 5.26. The smallest absolute Gasteiger partial charge is 0.138 e. The lowest BCUT2D eigenvalue weighted by atomic mass is 9.97. The summed E-state index contributed by atoms with van der Waals surface area (Å²) in [4.78, 5) is 0. The van der Waals surface area contributed by atoms with Crippen molar-refractivity contribution in [2.45, 2.75) is 46.4 Å². The van der Waals surface area contributed by atoms with Crippen LogP contribution in [0.1, 0.15) is 42.0 Å². The Morgan fingerprint density at radius 2 is 1.80 bits per heavy atom. The maximum Gasteiger partial charge on any atom is 0.138 e. The van der Waals surface area contributed by atoms with Crippen molar-refractivity contribution in [1.29, 1.82) is 0 Å². The number of hydrogen-bond donors (Lipinski definition) is 2. The summed E-state index contributed by atoms with van der Waals surface area (Å²) in [5.74, 6) is 0.868. The Morgan fingerprint density at radius 3 is 2.30 bits per heavy atom. The summed E-state index contributed by atoms with van der Waals surface area (Å²) >= 11 is 0. The molecule has 0 spiro atoms. The summed E-state index contributed by atoms with van der Waals surface area (Å²) < 4.78 is 5.13. The molecule has 4 nitrogen and oxygen atoms in total. The van der Waals surface area contributed by atoms with Crippen LogP contribution in [0.4, 0.5) is 0 Å². The molecule has 1 heterocycles. The molecule has 1 aromatic carbocycles. The van der Waals surface area contributed by atoms with E-state index >= 15 is 0 Å². The quantitative estimate of drug-likeness (QED) is 0.880. The molecule has 0 bridgehead atoms. The van der Waals surface area contributed by atoms with Crippen molar-refractivity contribution in [3.8, 4) is 0 Å². The molecule has 108 valence electrons. The fraction of sp³-hybridized carbons (Fsp3) is 0.438. The molecule has 0 amide bonds. The van der Waals surface area contributed by atoms with Crippen LogP contribution in [0.5, 0.6) is 0 Å². The van der Waals surface area contributed by atoms with Gasteiger partial charge in [-0.05, 0) is 38.8 Å². The summed E-state index contributed by atoms with van der Waals surface area (Å²) in [5, 5.41) is 17.2. The number of aryl methyl sites for hydroxylation is 2. The molecular formula is C16H22N2O2. The molecule has 0 fully saturated rings. The van der Waals surface area contributed by atoms with Gasteiger partial charge in [-0.2, -0.15) is 0 Å². The molecule has 20 heavy (non-hydrogen) atoms. The molecule has 0 saturated heterocycles. The summed E-state index contributed by atoms with van der Waals surface area (Å²) in [6.07, 6.45) is 0. The van der Waals surface area contributed by atoms with E-state index < -0.39 is 5.60 Å². The number of aromatic nitrogens is 1. The minimum atomic E-state index is -0.789. The van der Waals surface area contributed by atoms with Crippen LogP contribution in [-0.2, 0) is 18.7 Å². The van der Waals surface area contributed by atoms with Gasteiger partial charge >= 0.3 is 0 Å². The highest BCUT2D eigenvalue weighted by atomic mass is 16.5. The highest BCUT2D eigenvalue weighted by Crippen LogP contribution is 2.19. The summed E-state index contributed by atoms with van der Waals surface area (Å²) in [6, 6.07) is 8.00. The minimum Gasteiger partial charge on any atom is -0.386 e. The monoisotopic (exact) mass is 274 g/mol. The van der Waals surface area contributed by atoms with E-state index in [-0.39, 0.29) is 0 Å². The summed E-state index contributed by atoms with van der Waals surface area (Å²) in [6.45, 7) is 8.97. The van der Waals surface area contributed by atoms with Gasteiger partial charge in [0, 0.05) is 18.7 Å². The molecule has 0 aliphatic carbocycles. The van der Waals surface area contributed by atoms with E-state index in [0.29, 0.717) is 0 Å². The Hall–Kier alpha value is -1.65. The van der Waals surface area contributed by atoms with Crippen LogP contribution < -0.4 is 5.32 Å². The van der Waals surface area contributed by atoms with Crippen LogP contribution >= 0.6 is 0 Å². The number of aliphatic hydroxyl groups is 1. The number of nitrogens with one attached hydrogen (secondary N) is 1. The Labute approximate surface area is 119 Å². The van der Waals surface area contributed by atoms with Gasteiger partial charge in [0.15, 0.2) is 0 Å². The summed E-state index contributed by atoms with van der Waals surface area (Å²) in [5.41, 5.74) is 3.38. The van der Waals surface area contributed by atoms with Gasteiger partial charge in [-0.15, -0.1) is 0 Å². The van der Waals surface area contributed by atoms with Gasteiger partial charge in [-0.1, -0.05) is 29.4 Å². The molecule has 2 N–H and O–H groups in total. The molecule has 1 aromatic heterocycles. The molecule has 0 aliphatic rings. The average molecular weight is 274 g/mol. The van der Waals surface area contributed by atoms with Gasteiger partial charge in [0.2, 0.25) is 0 Å². The van der Waals surface area contributed by atoms with Crippen LogP contribution in [0, 0.1) is 13.8 Å². The van der Waals surface area contributed by atoms with Crippen molar-refractivity contribution in [3.05, 3.63) is 52.4 Å². The van der Waals surface area contributed by atoms with E-state index in [1.165, 1.54) is 5.56 Å². The number of benzene rings is 1. The number of rotatable bonds is 5. The van der Waals surface area contributed by atoms with Crippen LogP contribution in [0.15, 0.2) is 28.8 Å². The van der Waals surface area contributed by atoms with Gasteiger partial charge in [0.1, 0.15) is 5.76 Å². The maximum atomic E-state index is 9.91. The number of nitrogens with zero attached hydrogens (tertiary/aromatic N) is 1. The zero-order chi connectivity index (χ0) is 14.8. The van der Waals surface area contributed by atoms with Crippen molar-refractivity contribution in [3.63, 3.8) is 0 Å². The second-order valence-electron chi connectivity index (χ2n) is 5.66. The first-order valence-corrected chi connectivity index (χ1v) is 6.82. The lowest BCUT2D eigenvalue weighted by Crippen LogP contribution is -2.16. The minimum absolute atomic E-state index is 0.744. The Bertz CT molecular complexity index is 546. The predicted octanol–water partition coefficient (Wildman–Crippen LogP) is 2.81. The van der Waals surface area contributed by atoms with E-state index in [4.69, 9.17) is 4.52 Å². The first kappa shape index (κ1) is 14.8. The predicted molar refractivity (Wildman–Crippen MR) is 78.2 cm³/mol. The molecule has 0 saturated carbocycles. The van der Waals surface area contributed by atoms with Crippen LogP contribution in [0.25, 0.3) is 0 Å². The highest BCUT2D eigenvalue weighted by Gasteiger charge is 2.15. The van der Waals surface area contributed by atoms with Crippen molar-refractivity contribution >= 4 is 0 Å². The molecule has 4 heteroatoms. The number of hydrogen-bond acceptors (Lipinski definition) is 4. The molecule has 0 unspecified atom stereocenters. The standard InChI is InChI=1S/C16H22N2O2/c1-11-15(12(2)20-18-11)10-17-9-13-5-7-14(8-6-13)16(3,4)19/h5-8,17,19H,9-10H2,1-4H3. The third-order valence-corrected chi connectivity index (χ3v) is 3.47. The van der Waals surface area contributed by atoms with Crippen LogP contribution in [0.3, 0.4) is 0 Å². The van der Waals surface area contributed by atoms with Gasteiger partial charge in [0.25, 0.3) is 0 Å². The zero-order valence-electron chi connectivity index (χ0n) is 12.5. The molecule has 2 aromatic rings. The Morgan fingerprint density at radius 1 is 1.15 bits per heavy atom. The fourth-order valence-electron chi connectivity index (χ4n) is 2.12. The van der Waals surface area contributed by atoms with Gasteiger partial charge in [-0.25, -0.2) is 0 Å². The topological polar surface area (TPSA) is 58.3 Å². The van der Waals surface area contributed by atoms with Crippen molar-refractivity contribution in [2.24, 2.45) is 0 Å². The Kier molecular flexibility index (Phi) is 4.26. The van der Waals surface area contributed by atoms with E-state index in [2.05, 4.69) is 10.5 Å². The average Bonchev–Trinajstić information content (AvgIpc) is 2.70. The molecule has 2 rings (SSSR count). The SMILES string of the molecule is Cc1noc(C)c1CNCc1ccc(C(C)(C)O)cc1. The normalized spacial score (nSPS) is 11.8. The molecular weight excluding hydrogens is 252 g/mol. The van der Waals surface area contributed by atoms with Gasteiger partial charge < -0.3 is 14.9 Å². The van der Waals surface area contributed by atoms with E-state index in [0.717, 1.165) is 35.7 Å².